The Balaban J connectivity index is 3.33. The van der Waals surface area contributed by atoms with Crippen LogP contribution in [0.5, 0.6) is 5.75 Å². The minimum atomic E-state index is -0.631. The van der Waals surface area contributed by atoms with Crippen molar-refractivity contribution in [1.29, 1.82) is 0 Å². The van der Waals surface area contributed by atoms with Crippen molar-refractivity contribution in [2.75, 3.05) is 0 Å². The number of amides is 1. The molecule has 0 fully saturated rings. The Morgan fingerprint density at radius 2 is 2.17 bits per heavy atom. The average molecular weight is 230 g/mol. The summed E-state index contributed by atoms with van der Waals surface area (Å²) < 4.78 is 0.758. The Kier molecular flexibility index (Phi) is 2.38. The maximum atomic E-state index is 10.7. The Morgan fingerprint density at radius 3 is 2.67 bits per heavy atom. The van der Waals surface area contributed by atoms with E-state index in [0.717, 1.165) is 10.0 Å². The Bertz CT molecular complexity index is 336. The fourth-order valence-corrected chi connectivity index (χ4v) is 1.21. The van der Waals surface area contributed by atoms with E-state index in [0.29, 0.717) is 0 Å². The molecular weight excluding hydrogens is 222 g/mol. The third-order valence-electron chi connectivity index (χ3n) is 1.54. The molecule has 0 aliphatic carbocycles. The molecule has 3 N–H and O–H groups in total. The highest BCUT2D eigenvalue weighted by atomic mass is 79.9. The van der Waals surface area contributed by atoms with Gasteiger partial charge < -0.3 is 10.8 Å². The van der Waals surface area contributed by atoms with Gasteiger partial charge in [-0.2, -0.15) is 0 Å². The molecule has 0 saturated heterocycles. The molecule has 0 unspecified atom stereocenters. The standard InChI is InChI=1S/C8H8BrNO2/c1-4-2-7(11)5(8(10)12)3-6(4)9/h2-3,11H,1H3,(H2,10,12). The van der Waals surface area contributed by atoms with Gasteiger partial charge in [-0.05, 0) is 24.6 Å². The van der Waals surface area contributed by atoms with Crippen LogP contribution in [0.25, 0.3) is 0 Å². The normalized spacial score (nSPS) is 9.83. The summed E-state index contributed by atoms with van der Waals surface area (Å²) in [6.07, 6.45) is 0. The van der Waals surface area contributed by atoms with Gasteiger partial charge in [-0.1, -0.05) is 15.9 Å². The van der Waals surface area contributed by atoms with Gasteiger partial charge in [0.2, 0.25) is 0 Å². The highest BCUT2D eigenvalue weighted by molar-refractivity contribution is 9.10. The van der Waals surface area contributed by atoms with Crippen molar-refractivity contribution < 1.29 is 9.90 Å². The molecule has 0 radical (unpaired) electrons. The van der Waals surface area contributed by atoms with Crippen molar-refractivity contribution in [3.05, 3.63) is 27.7 Å². The van der Waals surface area contributed by atoms with Gasteiger partial charge in [0.25, 0.3) is 5.91 Å². The zero-order chi connectivity index (χ0) is 9.30. The number of nitrogens with two attached hydrogens (primary N) is 1. The summed E-state index contributed by atoms with van der Waals surface area (Å²) >= 11 is 3.23. The molecule has 0 atom stereocenters. The zero-order valence-corrected chi connectivity index (χ0v) is 8.05. The number of benzene rings is 1. The van der Waals surface area contributed by atoms with Gasteiger partial charge >= 0.3 is 0 Å². The molecule has 1 aromatic rings. The first-order valence-corrected chi connectivity index (χ1v) is 4.10. The molecule has 1 aromatic carbocycles. The molecule has 3 nitrogen and oxygen atoms in total. The second kappa shape index (κ2) is 3.15. The van der Waals surface area contributed by atoms with Crippen molar-refractivity contribution in [2.45, 2.75) is 6.92 Å². The predicted molar refractivity (Wildman–Crippen MR) is 49.1 cm³/mol. The number of carbonyl (C=O) groups excluding carboxylic acids is 1. The first-order valence-electron chi connectivity index (χ1n) is 3.31. The van der Waals surface area contributed by atoms with Gasteiger partial charge in [-0.15, -0.1) is 0 Å². The van der Waals surface area contributed by atoms with Gasteiger partial charge in [0.1, 0.15) is 5.75 Å². The second-order valence-corrected chi connectivity index (χ2v) is 3.34. The zero-order valence-electron chi connectivity index (χ0n) is 6.47. The molecule has 0 saturated carbocycles. The lowest BCUT2D eigenvalue weighted by atomic mass is 10.1. The summed E-state index contributed by atoms with van der Waals surface area (Å²) in [5.41, 5.74) is 6.00. The predicted octanol–water partition coefficient (Wildman–Crippen LogP) is 1.56. The van der Waals surface area contributed by atoms with Crippen molar-refractivity contribution >= 4 is 21.8 Å². The number of hydrogen-bond acceptors (Lipinski definition) is 2. The summed E-state index contributed by atoms with van der Waals surface area (Å²) in [6, 6.07) is 3.00. The van der Waals surface area contributed by atoms with Crippen molar-refractivity contribution in [2.24, 2.45) is 5.73 Å². The van der Waals surface area contributed by atoms with Crippen LogP contribution in [0.3, 0.4) is 0 Å². The summed E-state index contributed by atoms with van der Waals surface area (Å²) in [4.78, 5) is 10.7. The van der Waals surface area contributed by atoms with Crippen LogP contribution in [0.4, 0.5) is 0 Å². The van der Waals surface area contributed by atoms with Crippen molar-refractivity contribution in [3.63, 3.8) is 0 Å². The number of aryl methyl sites for hydroxylation is 1. The lowest BCUT2D eigenvalue weighted by Crippen LogP contribution is -2.11. The number of rotatable bonds is 1. The van der Waals surface area contributed by atoms with Gasteiger partial charge in [-0.25, -0.2) is 0 Å². The highest BCUT2D eigenvalue weighted by Crippen LogP contribution is 2.25. The number of hydrogen-bond donors (Lipinski definition) is 2. The van der Waals surface area contributed by atoms with Crippen LogP contribution in [0.15, 0.2) is 16.6 Å². The molecule has 64 valence electrons. The molecule has 0 bridgehead atoms. The lowest BCUT2D eigenvalue weighted by Gasteiger charge is -2.03. The van der Waals surface area contributed by atoms with E-state index in [9.17, 15) is 9.90 Å². The monoisotopic (exact) mass is 229 g/mol. The van der Waals surface area contributed by atoms with Crippen molar-refractivity contribution in [1.82, 2.24) is 0 Å². The van der Waals surface area contributed by atoms with E-state index in [1.807, 2.05) is 6.92 Å². The molecule has 0 heterocycles. The number of phenols is 1. The Labute approximate surface area is 78.3 Å². The summed E-state index contributed by atoms with van der Waals surface area (Å²) in [6.45, 7) is 1.81. The number of aromatic hydroxyl groups is 1. The molecular formula is C8H8BrNO2. The SMILES string of the molecule is Cc1cc(O)c(C(N)=O)cc1Br. The van der Waals surface area contributed by atoms with Crippen molar-refractivity contribution in [3.8, 4) is 5.75 Å². The van der Waals surface area contributed by atoms with E-state index in [2.05, 4.69) is 15.9 Å². The van der Waals surface area contributed by atoms with Crippen LogP contribution >= 0.6 is 15.9 Å². The van der Waals surface area contributed by atoms with Gasteiger partial charge in [0.15, 0.2) is 0 Å². The second-order valence-electron chi connectivity index (χ2n) is 2.48. The van der Waals surface area contributed by atoms with Crippen LogP contribution in [-0.4, -0.2) is 11.0 Å². The molecule has 0 aliphatic heterocycles. The third-order valence-corrected chi connectivity index (χ3v) is 2.40. The quantitative estimate of drug-likeness (QED) is 0.768. The number of carbonyl (C=O) groups is 1. The van der Waals surface area contributed by atoms with E-state index in [1.54, 1.807) is 0 Å². The topological polar surface area (TPSA) is 63.3 Å². The minimum Gasteiger partial charge on any atom is -0.507 e. The van der Waals surface area contributed by atoms with E-state index in [-0.39, 0.29) is 11.3 Å². The molecule has 4 heteroatoms. The van der Waals surface area contributed by atoms with Crippen LogP contribution in [0.1, 0.15) is 15.9 Å². The number of halogens is 1. The smallest absolute Gasteiger partial charge is 0.252 e. The third kappa shape index (κ3) is 1.58. The largest absolute Gasteiger partial charge is 0.507 e. The van der Waals surface area contributed by atoms with E-state index >= 15 is 0 Å². The fourth-order valence-electron chi connectivity index (χ4n) is 0.864. The van der Waals surface area contributed by atoms with Crippen LogP contribution in [0.2, 0.25) is 0 Å². The van der Waals surface area contributed by atoms with Gasteiger partial charge in [-0.3, -0.25) is 4.79 Å². The van der Waals surface area contributed by atoms with E-state index < -0.39 is 5.91 Å². The first kappa shape index (κ1) is 9.06. The summed E-state index contributed by atoms with van der Waals surface area (Å²) in [7, 11) is 0. The Hall–Kier alpha value is -1.03. The summed E-state index contributed by atoms with van der Waals surface area (Å²) in [5.74, 6) is -0.712. The maximum Gasteiger partial charge on any atom is 0.252 e. The molecule has 12 heavy (non-hydrogen) atoms. The lowest BCUT2D eigenvalue weighted by molar-refractivity contribution is 0.0997. The molecule has 1 amide bonds. The van der Waals surface area contributed by atoms with E-state index in [4.69, 9.17) is 5.73 Å². The maximum absolute atomic E-state index is 10.7. The molecule has 1 rings (SSSR count). The Morgan fingerprint density at radius 1 is 1.58 bits per heavy atom. The fraction of sp³-hybridized carbons (Fsp3) is 0.125. The van der Waals surface area contributed by atoms with Crippen LogP contribution in [0, 0.1) is 6.92 Å². The van der Waals surface area contributed by atoms with Crippen LogP contribution in [-0.2, 0) is 0 Å². The molecule has 0 spiro atoms. The van der Waals surface area contributed by atoms with Gasteiger partial charge in [0.05, 0.1) is 5.56 Å². The van der Waals surface area contributed by atoms with E-state index in [1.165, 1.54) is 12.1 Å². The molecule has 0 aliphatic rings. The van der Waals surface area contributed by atoms with Gasteiger partial charge in [0, 0.05) is 4.47 Å². The first-order chi connectivity index (χ1) is 5.52. The average Bonchev–Trinajstić information content (AvgIpc) is 1.96. The highest BCUT2D eigenvalue weighted by Gasteiger charge is 2.09. The van der Waals surface area contributed by atoms with Crippen LogP contribution < -0.4 is 5.73 Å². The summed E-state index contributed by atoms with van der Waals surface area (Å²) in [5, 5.41) is 9.26. The molecule has 0 aromatic heterocycles. The minimum absolute atomic E-state index is 0.0804. The number of primary amides is 1.